The van der Waals surface area contributed by atoms with Crippen molar-refractivity contribution in [3.05, 3.63) is 23.9 Å². The lowest BCUT2D eigenvalue weighted by Gasteiger charge is -2.51. The molecule has 0 bridgehead atoms. The number of nitrogens with one attached hydrogen (secondary N) is 1. The predicted octanol–water partition coefficient (Wildman–Crippen LogP) is 2.01. The van der Waals surface area contributed by atoms with Gasteiger partial charge in [0.15, 0.2) is 0 Å². The number of hydrogen-bond donors (Lipinski definition) is 1. The topological polar surface area (TPSA) is 54.5 Å². The normalized spacial score (nSPS) is 23.9. The maximum Gasteiger partial charge on any atom is 0.254 e. The van der Waals surface area contributed by atoms with Crippen molar-refractivity contribution in [3.63, 3.8) is 0 Å². The number of ether oxygens (including phenoxy) is 1. The van der Waals surface area contributed by atoms with Gasteiger partial charge < -0.3 is 15.0 Å². The van der Waals surface area contributed by atoms with Gasteiger partial charge in [-0.2, -0.15) is 0 Å². The highest BCUT2D eigenvalue weighted by Crippen LogP contribution is 2.43. The standard InChI is InChI=1S/C15H23N3O2/c1-15(2)11(8-12(15)20-5)17-13-7-6-10(9-16-13)14(19)18(3)4/h6-7,9,11-12H,8H2,1-5H3,(H,16,17). The highest BCUT2D eigenvalue weighted by atomic mass is 16.5. The van der Waals surface area contributed by atoms with Crippen LogP contribution in [-0.4, -0.2) is 49.1 Å². The summed E-state index contributed by atoms with van der Waals surface area (Å²) < 4.78 is 5.44. The van der Waals surface area contributed by atoms with E-state index in [0.717, 1.165) is 12.2 Å². The zero-order chi connectivity index (χ0) is 14.9. The van der Waals surface area contributed by atoms with E-state index in [1.807, 2.05) is 6.07 Å². The summed E-state index contributed by atoms with van der Waals surface area (Å²) >= 11 is 0. The summed E-state index contributed by atoms with van der Waals surface area (Å²) in [6.07, 6.45) is 2.88. The molecule has 1 aromatic rings. The van der Waals surface area contributed by atoms with E-state index >= 15 is 0 Å². The number of carbonyl (C=O) groups is 1. The Balaban J connectivity index is 2.00. The van der Waals surface area contributed by atoms with Crippen LogP contribution in [0.25, 0.3) is 0 Å². The van der Waals surface area contributed by atoms with E-state index in [-0.39, 0.29) is 17.4 Å². The summed E-state index contributed by atoms with van der Waals surface area (Å²) in [4.78, 5) is 17.6. The van der Waals surface area contributed by atoms with Crippen molar-refractivity contribution in [3.8, 4) is 0 Å². The predicted molar refractivity (Wildman–Crippen MR) is 78.9 cm³/mol. The van der Waals surface area contributed by atoms with Crippen molar-refractivity contribution in [1.82, 2.24) is 9.88 Å². The van der Waals surface area contributed by atoms with Crippen molar-refractivity contribution in [2.24, 2.45) is 5.41 Å². The summed E-state index contributed by atoms with van der Waals surface area (Å²) in [5.74, 6) is 0.764. The number of aromatic nitrogens is 1. The van der Waals surface area contributed by atoms with Gasteiger partial charge in [-0.25, -0.2) is 4.98 Å². The quantitative estimate of drug-likeness (QED) is 0.914. The lowest BCUT2D eigenvalue weighted by molar-refractivity contribution is -0.0795. The van der Waals surface area contributed by atoms with Crippen LogP contribution in [0.3, 0.4) is 0 Å². The highest BCUT2D eigenvalue weighted by Gasteiger charge is 2.48. The Bertz CT molecular complexity index is 482. The van der Waals surface area contributed by atoms with Gasteiger partial charge in [0.2, 0.25) is 0 Å². The van der Waals surface area contributed by atoms with E-state index in [2.05, 4.69) is 24.1 Å². The number of anilines is 1. The van der Waals surface area contributed by atoms with Gasteiger partial charge in [0.25, 0.3) is 5.91 Å². The number of pyridine rings is 1. The Kier molecular flexibility index (Phi) is 3.99. The lowest BCUT2D eigenvalue weighted by Crippen LogP contribution is -2.57. The van der Waals surface area contributed by atoms with Crippen LogP contribution in [0.4, 0.5) is 5.82 Å². The van der Waals surface area contributed by atoms with Gasteiger partial charge in [-0.1, -0.05) is 13.8 Å². The molecule has 0 radical (unpaired) electrons. The Morgan fingerprint density at radius 3 is 2.60 bits per heavy atom. The number of methoxy groups -OCH3 is 1. The third kappa shape index (κ3) is 2.63. The first-order valence-electron chi connectivity index (χ1n) is 6.83. The van der Waals surface area contributed by atoms with E-state index in [0.29, 0.717) is 11.6 Å². The third-order valence-electron chi connectivity index (χ3n) is 4.20. The summed E-state index contributed by atoms with van der Waals surface area (Å²) in [6, 6.07) is 4.00. The molecule has 1 aliphatic carbocycles. The molecule has 1 amide bonds. The summed E-state index contributed by atoms with van der Waals surface area (Å²) in [6.45, 7) is 4.37. The van der Waals surface area contributed by atoms with Gasteiger partial charge in [0.05, 0.1) is 11.7 Å². The average molecular weight is 277 g/mol. The monoisotopic (exact) mass is 277 g/mol. The van der Waals surface area contributed by atoms with Crippen LogP contribution in [0.5, 0.6) is 0 Å². The second-order valence-electron chi connectivity index (χ2n) is 6.11. The van der Waals surface area contributed by atoms with Crippen LogP contribution in [0, 0.1) is 5.41 Å². The SMILES string of the molecule is COC1CC(Nc2ccc(C(=O)N(C)C)cn2)C1(C)C. The van der Waals surface area contributed by atoms with Gasteiger partial charge in [0.1, 0.15) is 5.82 Å². The zero-order valence-corrected chi connectivity index (χ0v) is 12.8. The second-order valence-corrected chi connectivity index (χ2v) is 6.11. The zero-order valence-electron chi connectivity index (χ0n) is 12.8. The first kappa shape index (κ1) is 14.8. The smallest absolute Gasteiger partial charge is 0.254 e. The molecule has 0 aliphatic heterocycles. The minimum absolute atomic E-state index is 0.0347. The van der Waals surface area contributed by atoms with Crippen molar-refractivity contribution >= 4 is 11.7 Å². The second kappa shape index (κ2) is 5.40. The van der Waals surface area contributed by atoms with Gasteiger partial charge in [-0.15, -0.1) is 0 Å². The fraction of sp³-hybridized carbons (Fsp3) is 0.600. The molecule has 0 spiro atoms. The van der Waals surface area contributed by atoms with Crippen molar-refractivity contribution in [2.75, 3.05) is 26.5 Å². The van der Waals surface area contributed by atoms with Gasteiger partial charge in [-0.3, -0.25) is 4.79 Å². The van der Waals surface area contributed by atoms with Crippen molar-refractivity contribution in [1.29, 1.82) is 0 Å². The molecule has 0 saturated heterocycles. The number of hydrogen-bond acceptors (Lipinski definition) is 4. The Morgan fingerprint density at radius 1 is 1.45 bits per heavy atom. The van der Waals surface area contributed by atoms with Crippen LogP contribution < -0.4 is 5.32 Å². The maximum atomic E-state index is 11.8. The molecule has 2 unspecified atom stereocenters. The maximum absolute atomic E-state index is 11.8. The molecule has 20 heavy (non-hydrogen) atoms. The summed E-state index contributed by atoms with van der Waals surface area (Å²) in [5, 5.41) is 3.41. The van der Waals surface area contributed by atoms with E-state index < -0.39 is 0 Å². The molecule has 1 aliphatic rings. The molecule has 5 nitrogen and oxygen atoms in total. The molecule has 1 fully saturated rings. The molecule has 5 heteroatoms. The van der Waals surface area contributed by atoms with Crippen LogP contribution in [-0.2, 0) is 4.74 Å². The average Bonchev–Trinajstić information content (AvgIpc) is 2.42. The minimum Gasteiger partial charge on any atom is -0.381 e. The molecular formula is C15H23N3O2. The molecule has 1 aromatic heterocycles. The molecule has 1 N–H and O–H groups in total. The molecule has 0 aromatic carbocycles. The Hall–Kier alpha value is -1.62. The fourth-order valence-electron chi connectivity index (χ4n) is 2.57. The van der Waals surface area contributed by atoms with Crippen molar-refractivity contribution < 1.29 is 9.53 Å². The first-order valence-corrected chi connectivity index (χ1v) is 6.83. The Labute approximate surface area is 120 Å². The number of rotatable bonds is 4. The van der Waals surface area contributed by atoms with Crippen LogP contribution in [0.2, 0.25) is 0 Å². The molecule has 1 heterocycles. The molecule has 110 valence electrons. The minimum atomic E-state index is -0.0347. The number of carbonyl (C=O) groups excluding carboxylic acids is 1. The van der Waals surface area contributed by atoms with Crippen molar-refractivity contribution in [2.45, 2.75) is 32.4 Å². The lowest BCUT2D eigenvalue weighted by atomic mass is 9.64. The molecule has 1 saturated carbocycles. The van der Waals surface area contributed by atoms with E-state index in [1.165, 1.54) is 0 Å². The van der Waals surface area contributed by atoms with E-state index in [1.54, 1.807) is 38.4 Å². The van der Waals surface area contributed by atoms with Crippen LogP contribution in [0.1, 0.15) is 30.6 Å². The fourth-order valence-corrected chi connectivity index (χ4v) is 2.57. The van der Waals surface area contributed by atoms with Gasteiger partial charge >= 0.3 is 0 Å². The largest absolute Gasteiger partial charge is 0.381 e. The summed E-state index contributed by atoms with van der Waals surface area (Å²) in [7, 11) is 5.22. The molecule has 2 atom stereocenters. The third-order valence-corrected chi connectivity index (χ3v) is 4.20. The number of nitrogens with zero attached hydrogens (tertiary/aromatic N) is 2. The van der Waals surface area contributed by atoms with E-state index in [4.69, 9.17) is 4.74 Å². The first-order chi connectivity index (χ1) is 9.36. The van der Waals surface area contributed by atoms with Gasteiger partial charge in [-0.05, 0) is 18.6 Å². The Morgan fingerprint density at radius 2 is 2.15 bits per heavy atom. The van der Waals surface area contributed by atoms with Crippen LogP contribution in [0.15, 0.2) is 18.3 Å². The molecular weight excluding hydrogens is 254 g/mol. The molecule has 2 rings (SSSR count). The van der Waals surface area contributed by atoms with Crippen LogP contribution >= 0.6 is 0 Å². The van der Waals surface area contributed by atoms with E-state index in [9.17, 15) is 4.79 Å². The summed E-state index contributed by atoms with van der Waals surface area (Å²) in [5.41, 5.74) is 0.692. The number of amides is 1. The van der Waals surface area contributed by atoms with Gasteiger partial charge in [0, 0.05) is 38.9 Å². The highest BCUT2D eigenvalue weighted by molar-refractivity contribution is 5.93.